The zero-order chi connectivity index (χ0) is 38.2. The molecule has 0 fully saturated rings. The Morgan fingerprint density at radius 3 is 2.04 bits per heavy atom. The third-order valence-electron chi connectivity index (χ3n) is 7.60. The lowest BCUT2D eigenvalue weighted by Crippen LogP contribution is -2.34. The van der Waals surface area contributed by atoms with E-state index >= 15 is 4.39 Å². The Bertz CT molecular complexity index is 1420. The molecule has 1 aliphatic heterocycles. The van der Waals surface area contributed by atoms with Crippen molar-refractivity contribution in [1.29, 1.82) is 0 Å². The second-order valence-electron chi connectivity index (χ2n) is 11.9. The second kappa shape index (κ2) is 25.8. The number of aldehydes is 1. The van der Waals surface area contributed by atoms with Crippen molar-refractivity contribution in [1.82, 2.24) is 15.1 Å². The van der Waals surface area contributed by atoms with Crippen LogP contribution in [0.5, 0.6) is 0 Å². The molecular weight excluding hydrogens is 627 g/mol. The van der Waals surface area contributed by atoms with Gasteiger partial charge < -0.3 is 15.1 Å². The number of nitrogens with zero attached hydrogens (tertiary/aromatic N) is 3. The molecule has 1 N–H and O–H groups in total. The molecule has 2 aromatic rings. The predicted octanol–water partition coefficient (Wildman–Crippen LogP) is 10.4. The Balaban J connectivity index is 0.00000275. The summed E-state index contributed by atoms with van der Waals surface area (Å²) in [6, 6.07) is 8.59. The highest BCUT2D eigenvalue weighted by molar-refractivity contribution is 6.07. The van der Waals surface area contributed by atoms with E-state index < -0.39 is 5.82 Å². The summed E-state index contributed by atoms with van der Waals surface area (Å²) < 4.78 is 15.8. The fourth-order valence-corrected chi connectivity index (χ4v) is 4.89. The molecule has 8 heteroatoms. The molecule has 0 bridgehead atoms. The molecule has 0 atom stereocenters. The number of halogens is 1. The van der Waals surface area contributed by atoms with E-state index in [1.165, 1.54) is 18.9 Å². The normalized spacial score (nSPS) is 11.6. The van der Waals surface area contributed by atoms with Crippen LogP contribution in [0.3, 0.4) is 0 Å². The molecule has 1 heterocycles. The average molecular weight is 693 g/mol. The summed E-state index contributed by atoms with van der Waals surface area (Å²) in [4.78, 5) is 45.6. The van der Waals surface area contributed by atoms with Gasteiger partial charge in [-0.05, 0) is 78.9 Å². The Morgan fingerprint density at radius 2 is 1.52 bits per heavy atom. The van der Waals surface area contributed by atoms with Gasteiger partial charge in [0.05, 0.1) is 12.2 Å². The highest BCUT2D eigenvalue weighted by Gasteiger charge is 2.24. The number of carbonyl (C=O) groups excluding carboxylic acids is 3. The monoisotopic (exact) mass is 693 g/mol. The van der Waals surface area contributed by atoms with Crippen LogP contribution in [0.15, 0.2) is 47.1 Å². The lowest BCUT2D eigenvalue weighted by atomic mass is 9.96. The van der Waals surface area contributed by atoms with E-state index in [0.717, 1.165) is 30.4 Å². The average Bonchev–Trinajstić information content (AvgIpc) is 3.33. The highest BCUT2D eigenvalue weighted by atomic mass is 19.1. The van der Waals surface area contributed by atoms with E-state index in [4.69, 9.17) is 4.99 Å². The van der Waals surface area contributed by atoms with Gasteiger partial charge in [-0.3, -0.25) is 19.4 Å². The van der Waals surface area contributed by atoms with Crippen LogP contribution in [0.1, 0.15) is 130 Å². The molecule has 0 aliphatic carbocycles. The van der Waals surface area contributed by atoms with Crippen LogP contribution in [0.25, 0.3) is 23.3 Å². The molecule has 0 aromatic heterocycles. The zero-order valence-electron chi connectivity index (χ0n) is 33.1. The van der Waals surface area contributed by atoms with Gasteiger partial charge in [-0.2, -0.15) is 0 Å². The number of hydrogen-bond donors (Lipinski definition) is 1. The number of benzene rings is 2. The first kappa shape index (κ1) is 45.9. The van der Waals surface area contributed by atoms with Crippen molar-refractivity contribution >= 4 is 41.7 Å². The molecule has 3 rings (SSSR count). The number of fused-ring (bicyclic) bond motifs is 1. The second-order valence-corrected chi connectivity index (χ2v) is 11.9. The van der Waals surface area contributed by atoms with E-state index in [2.05, 4.69) is 19.2 Å². The Kier molecular flexibility index (Phi) is 23.7. The predicted molar refractivity (Wildman–Crippen MR) is 213 cm³/mol. The maximum Gasteiger partial charge on any atom is 0.250 e. The number of nitrogens with one attached hydrogen (secondary N) is 1. The number of unbranched alkanes of at least 4 members (excludes halogenated alkanes) is 1. The summed E-state index contributed by atoms with van der Waals surface area (Å²) in [6.45, 7) is 24.4. The van der Waals surface area contributed by atoms with Gasteiger partial charge in [0, 0.05) is 55.5 Å². The molecule has 0 unspecified atom stereocenters. The van der Waals surface area contributed by atoms with Gasteiger partial charge in [0.1, 0.15) is 5.82 Å². The number of rotatable bonds is 14. The lowest BCUT2D eigenvalue weighted by molar-refractivity contribution is -0.127. The van der Waals surface area contributed by atoms with Crippen molar-refractivity contribution in [3.63, 3.8) is 0 Å². The number of hydrogen-bond acceptors (Lipinski definition) is 5. The number of carbonyl (C=O) groups is 3. The Hall–Kier alpha value is -4.07. The van der Waals surface area contributed by atoms with Crippen molar-refractivity contribution in [3.8, 4) is 11.1 Å². The number of aliphatic imine (C=N–C) groups is 1. The lowest BCUT2D eigenvalue weighted by Gasteiger charge is -2.23. The fourth-order valence-electron chi connectivity index (χ4n) is 4.89. The minimum atomic E-state index is -0.461. The first-order chi connectivity index (χ1) is 24.0. The van der Waals surface area contributed by atoms with Crippen LogP contribution in [-0.2, 0) is 9.59 Å². The van der Waals surface area contributed by atoms with Crippen molar-refractivity contribution in [3.05, 3.63) is 64.6 Å². The van der Waals surface area contributed by atoms with E-state index in [1.807, 2.05) is 79.3 Å². The molecule has 2 aromatic carbocycles. The van der Waals surface area contributed by atoms with Crippen molar-refractivity contribution < 1.29 is 18.8 Å². The summed E-state index contributed by atoms with van der Waals surface area (Å²) in [6.07, 6.45) is 10.7. The Labute approximate surface area is 303 Å². The summed E-state index contributed by atoms with van der Waals surface area (Å²) in [7, 11) is 1.78. The van der Waals surface area contributed by atoms with Crippen LogP contribution >= 0.6 is 0 Å². The van der Waals surface area contributed by atoms with Crippen molar-refractivity contribution in [2.45, 2.75) is 108 Å². The van der Waals surface area contributed by atoms with E-state index in [1.54, 1.807) is 42.4 Å². The van der Waals surface area contributed by atoms with Gasteiger partial charge in [-0.15, -0.1) is 0 Å². The first-order valence-electron chi connectivity index (χ1n) is 18.7. The molecule has 50 heavy (non-hydrogen) atoms. The molecule has 0 spiro atoms. The molecule has 278 valence electrons. The van der Waals surface area contributed by atoms with Crippen LogP contribution < -0.4 is 5.32 Å². The Morgan fingerprint density at radius 1 is 0.900 bits per heavy atom. The van der Waals surface area contributed by atoms with Gasteiger partial charge in [0.25, 0.3) is 0 Å². The molecule has 1 aliphatic rings. The summed E-state index contributed by atoms with van der Waals surface area (Å²) >= 11 is 0. The first-order valence-corrected chi connectivity index (χ1v) is 18.7. The topological polar surface area (TPSA) is 82.1 Å². The van der Waals surface area contributed by atoms with Gasteiger partial charge in [-0.1, -0.05) is 94.2 Å². The third kappa shape index (κ3) is 14.8. The largest absolute Gasteiger partial charge is 0.371 e. The van der Waals surface area contributed by atoms with E-state index in [9.17, 15) is 14.4 Å². The summed E-state index contributed by atoms with van der Waals surface area (Å²) in [5.74, 6) is -0.554. The van der Waals surface area contributed by atoms with Crippen LogP contribution in [0.2, 0.25) is 0 Å². The standard InChI is InChI=1S/C34H43FN4O3.C4H10.2C2H6/c1-7-13-39(14-8-2)34(42)28-17-29-30(35)18-27(19-32(29)37-31(20-28)23(4)5)24-10-11-26(22-40)25(16-24)12-15-38(6)21-33(41)36-9-3;1-3-4-2;2*1-2/h10-12,15-19,22-23H,7-9,13-14,20-21H2,1-6H3,(H,36,41);3-4H2,1-2H3;2*1-2H3/b15-12-;;;. The quantitative estimate of drug-likeness (QED) is 0.200. The van der Waals surface area contributed by atoms with Gasteiger partial charge >= 0.3 is 0 Å². The van der Waals surface area contributed by atoms with E-state index in [0.29, 0.717) is 59.6 Å². The van der Waals surface area contributed by atoms with E-state index in [-0.39, 0.29) is 24.3 Å². The fraction of sp³-hybridized carbons (Fsp3) is 0.524. The highest BCUT2D eigenvalue weighted by Crippen LogP contribution is 2.36. The summed E-state index contributed by atoms with van der Waals surface area (Å²) in [5.41, 5.74) is 4.62. The molecule has 2 amide bonds. The zero-order valence-corrected chi connectivity index (χ0v) is 33.1. The maximum atomic E-state index is 15.8. The smallest absolute Gasteiger partial charge is 0.250 e. The van der Waals surface area contributed by atoms with Gasteiger partial charge in [0.15, 0.2) is 6.29 Å². The molecule has 7 nitrogen and oxygen atoms in total. The van der Waals surface area contributed by atoms with Crippen LogP contribution in [-0.4, -0.2) is 66.8 Å². The molecule has 0 saturated carbocycles. The minimum absolute atomic E-state index is 0.0681. The maximum absolute atomic E-state index is 15.8. The third-order valence-corrected chi connectivity index (χ3v) is 7.60. The van der Waals surface area contributed by atoms with Gasteiger partial charge in [-0.25, -0.2) is 4.39 Å². The van der Waals surface area contributed by atoms with Crippen molar-refractivity contribution in [2.24, 2.45) is 10.9 Å². The minimum Gasteiger partial charge on any atom is -0.371 e. The summed E-state index contributed by atoms with van der Waals surface area (Å²) in [5, 5.41) is 2.76. The SMILES string of the molecule is CC.CC.CCCC.CCCN(CCC)C(=O)C1=Cc2c(F)cc(-c3ccc(C=O)c(/C=C\N(C)CC(=O)NCC)c3)cc2N=C(C(C)C)C1. The number of amides is 2. The van der Waals surface area contributed by atoms with Gasteiger partial charge in [0.2, 0.25) is 11.8 Å². The van der Waals surface area contributed by atoms with Crippen LogP contribution in [0, 0.1) is 11.7 Å². The van der Waals surface area contributed by atoms with Crippen molar-refractivity contribution in [2.75, 3.05) is 33.2 Å². The molecule has 0 saturated heterocycles. The number of likely N-dealkylation sites (N-methyl/N-ethyl adjacent to an activating group) is 2. The molecular formula is C42H65FN4O3. The van der Waals surface area contributed by atoms with Crippen LogP contribution in [0.4, 0.5) is 10.1 Å². The molecule has 0 radical (unpaired) electrons.